The molecular formula is C20H28ClN3OS. The second kappa shape index (κ2) is 11.0. The van der Waals surface area contributed by atoms with E-state index in [0.717, 1.165) is 38.1 Å². The molecule has 2 N–H and O–H groups in total. The highest BCUT2D eigenvalue weighted by molar-refractivity contribution is 7.21. The Morgan fingerprint density at radius 1 is 0.962 bits per heavy atom. The Bertz CT molecular complexity index is 861. The van der Waals surface area contributed by atoms with Crippen molar-refractivity contribution in [1.82, 2.24) is 10.3 Å². The van der Waals surface area contributed by atoms with Gasteiger partial charge in [-0.3, -0.25) is 4.79 Å². The molecule has 1 aromatic carbocycles. The number of hydrogen-bond donors (Lipinski definition) is 2. The van der Waals surface area contributed by atoms with Gasteiger partial charge in [0.2, 0.25) is 0 Å². The standard InChI is InChI=1S/C14H10ClN3OS.3C2H6/c15-10-4-1-7-8(18-10)2-3-9-11(7)12-13(20-9)14(19)17-6-5-16-12;3*1-2/h1-4,16H,5-6H2,(H,17,19);3*1-2H3. The lowest BCUT2D eigenvalue weighted by molar-refractivity contribution is 0.0962. The maximum atomic E-state index is 12.1. The highest BCUT2D eigenvalue weighted by Crippen LogP contribution is 2.40. The lowest BCUT2D eigenvalue weighted by atomic mass is 10.1. The van der Waals surface area contributed by atoms with Gasteiger partial charge in [0, 0.05) is 28.6 Å². The Morgan fingerprint density at radius 2 is 1.62 bits per heavy atom. The van der Waals surface area contributed by atoms with Gasteiger partial charge in [0.05, 0.1) is 11.2 Å². The van der Waals surface area contributed by atoms with Crippen molar-refractivity contribution in [2.45, 2.75) is 41.5 Å². The highest BCUT2D eigenvalue weighted by atomic mass is 35.5. The number of nitrogens with one attached hydrogen (secondary N) is 2. The van der Waals surface area contributed by atoms with E-state index in [1.54, 1.807) is 6.07 Å². The number of amides is 1. The van der Waals surface area contributed by atoms with Gasteiger partial charge in [-0.25, -0.2) is 4.98 Å². The number of thiophene rings is 1. The van der Waals surface area contributed by atoms with Crippen molar-refractivity contribution >= 4 is 55.5 Å². The molecule has 0 unspecified atom stereocenters. The predicted molar refractivity (Wildman–Crippen MR) is 117 cm³/mol. The number of halogens is 1. The number of aromatic nitrogens is 1. The van der Waals surface area contributed by atoms with E-state index >= 15 is 0 Å². The van der Waals surface area contributed by atoms with Crippen LogP contribution in [-0.2, 0) is 0 Å². The molecule has 1 aliphatic rings. The average Bonchev–Trinajstić information content (AvgIpc) is 2.99. The summed E-state index contributed by atoms with van der Waals surface area (Å²) in [5.41, 5.74) is 1.76. The molecule has 0 saturated heterocycles. The Hall–Kier alpha value is -1.85. The minimum absolute atomic E-state index is 0.0127. The molecule has 142 valence electrons. The zero-order chi connectivity index (χ0) is 19.7. The molecule has 0 radical (unpaired) electrons. The van der Waals surface area contributed by atoms with Crippen LogP contribution in [0.4, 0.5) is 5.69 Å². The Balaban J connectivity index is 0.000000515. The van der Waals surface area contributed by atoms with Crippen LogP contribution in [0, 0.1) is 0 Å². The summed E-state index contributed by atoms with van der Waals surface area (Å²) >= 11 is 7.45. The molecule has 6 heteroatoms. The lowest BCUT2D eigenvalue weighted by Crippen LogP contribution is -2.24. The summed E-state index contributed by atoms with van der Waals surface area (Å²) in [5, 5.41) is 8.80. The second-order valence-electron chi connectivity index (χ2n) is 4.63. The molecule has 26 heavy (non-hydrogen) atoms. The second-order valence-corrected chi connectivity index (χ2v) is 6.07. The molecular weight excluding hydrogens is 366 g/mol. The number of pyridine rings is 1. The normalized spacial score (nSPS) is 12.0. The van der Waals surface area contributed by atoms with Crippen molar-refractivity contribution < 1.29 is 4.79 Å². The third kappa shape index (κ3) is 4.46. The van der Waals surface area contributed by atoms with Crippen LogP contribution in [0.1, 0.15) is 51.2 Å². The van der Waals surface area contributed by atoms with Gasteiger partial charge in [-0.05, 0) is 24.3 Å². The van der Waals surface area contributed by atoms with Gasteiger partial charge < -0.3 is 10.6 Å². The van der Waals surface area contributed by atoms with Gasteiger partial charge in [0.1, 0.15) is 10.0 Å². The average molecular weight is 394 g/mol. The highest BCUT2D eigenvalue weighted by Gasteiger charge is 2.22. The maximum absolute atomic E-state index is 12.1. The molecule has 2 aromatic heterocycles. The van der Waals surface area contributed by atoms with E-state index < -0.39 is 0 Å². The fraction of sp³-hybridized carbons (Fsp3) is 0.400. The van der Waals surface area contributed by atoms with E-state index in [9.17, 15) is 4.79 Å². The smallest absolute Gasteiger partial charge is 0.263 e. The molecule has 0 saturated carbocycles. The van der Waals surface area contributed by atoms with Crippen LogP contribution in [-0.4, -0.2) is 24.0 Å². The third-order valence-corrected chi connectivity index (χ3v) is 4.77. The number of benzene rings is 1. The number of carbonyl (C=O) groups excluding carboxylic acids is 1. The molecule has 0 bridgehead atoms. The Morgan fingerprint density at radius 3 is 2.31 bits per heavy atom. The minimum Gasteiger partial charge on any atom is -0.381 e. The molecule has 0 atom stereocenters. The molecule has 4 rings (SSSR count). The van der Waals surface area contributed by atoms with Crippen molar-refractivity contribution in [3.63, 3.8) is 0 Å². The summed E-state index contributed by atoms with van der Waals surface area (Å²) in [6, 6.07) is 7.68. The summed E-state index contributed by atoms with van der Waals surface area (Å²) in [6.45, 7) is 13.4. The fourth-order valence-corrected chi connectivity index (χ4v) is 3.81. The van der Waals surface area contributed by atoms with E-state index in [1.807, 2.05) is 59.7 Å². The van der Waals surface area contributed by atoms with Crippen molar-refractivity contribution in [1.29, 1.82) is 0 Å². The first-order valence-electron chi connectivity index (χ1n) is 9.28. The van der Waals surface area contributed by atoms with Crippen molar-refractivity contribution in [3.05, 3.63) is 34.3 Å². The monoisotopic (exact) mass is 393 g/mol. The number of fused-ring (bicyclic) bond motifs is 5. The maximum Gasteiger partial charge on any atom is 0.263 e. The zero-order valence-electron chi connectivity index (χ0n) is 16.4. The van der Waals surface area contributed by atoms with Gasteiger partial charge in [0.25, 0.3) is 5.91 Å². The van der Waals surface area contributed by atoms with Crippen molar-refractivity contribution in [2.24, 2.45) is 0 Å². The van der Waals surface area contributed by atoms with Crippen LogP contribution in [0.3, 0.4) is 0 Å². The topological polar surface area (TPSA) is 54.0 Å². The summed E-state index contributed by atoms with van der Waals surface area (Å²) < 4.78 is 1.08. The number of carbonyl (C=O) groups is 1. The van der Waals surface area contributed by atoms with E-state index in [0.29, 0.717) is 11.7 Å². The van der Waals surface area contributed by atoms with Crippen LogP contribution in [0.15, 0.2) is 24.3 Å². The van der Waals surface area contributed by atoms with Gasteiger partial charge in [-0.15, -0.1) is 11.3 Å². The van der Waals surface area contributed by atoms with Gasteiger partial charge in [0.15, 0.2) is 0 Å². The van der Waals surface area contributed by atoms with Crippen LogP contribution < -0.4 is 10.6 Å². The van der Waals surface area contributed by atoms with Crippen LogP contribution >= 0.6 is 22.9 Å². The molecule has 0 fully saturated rings. The van der Waals surface area contributed by atoms with E-state index in [2.05, 4.69) is 15.6 Å². The first-order chi connectivity index (χ1) is 12.7. The van der Waals surface area contributed by atoms with E-state index in [1.165, 1.54) is 11.3 Å². The molecule has 0 spiro atoms. The molecule has 1 amide bonds. The van der Waals surface area contributed by atoms with Crippen molar-refractivity contribution in [2.75, 3.05) is 18.4 Å². The molecule has 3 aromatic rings. The SMILES string of the molecule is CC.CC.CC.O=C1NCCNc2c1sc1ccc3nc(Cl)ccc3c21. The number of anilines is 1. The minimum atomic E-state index is -0.0127. The van der Waals surface area contributed by atoms with Gasteiger partial charge in [-0.2, -0.15) is 0 Å². The summed E-state index contributed by atoms with van der Waals surface area (Å²) in [4.78, 5) is 17.2. The molecule has 4 nitrogen and oxygen atoms in total. The predicted octanol–water partition coefficient (Wildman–Crippen LogP) is 6.34. The lowest BCUT2D eigenvalue weighted by Gasteiger charge is -2.05. The van der Waals surface area contributed by atoms with Gasteiger partial charge >= 0.3 is 0 Å². The Kier molecular flexibility index (Phi) is 9.38. The first-order valence-corrected chi connectivity index (χ1v) is 10.5. The fourth-order valence-electron chi connectivity index (χ4n) is 2.55. The number of nitrogens with zero attached hydrogens (tertiary/aromatic N) is 1. The largest absolute Gasteiger partial charge is 0.381 e. The zero-order valence-corrected chi connectivity index (χ0v) is 17.9. The van der Waals surface area contributed by atoms with E-state index in [-0.39, 0.29) is 5.91 Å². The third-order valence-electron chi connectivity index (χ3n) is 3.41. The number of rotatable bonds is 0. The Labute approximate surface area is 165 Å². The van der Waals surface area contributed by atoms with E-state index in [4.69, 9.17) is 11.6 Å². The van der Waals surface area contributed by atoms with Gasteiger partial charge in [-0.1, -0.05) is 53.1 Å². The number of hydrogen-bond acceptors (Lipinski definition) is 4. The molecule has 3 heterocycles. The summed E-state index contributed by atoms with van der Waals surface area (Å²) in [7, 11) is 0. The van der Waals surface area contributed by atoms with Crippen LogP contribution in [0.5, 0.6) is 0 Å². The molecule has 1 aliphatic heterocycles. The first kappa shape index (κ1) is 22.2. The quantitative estimate of drug-likeness (QED) is 0.438. The molecule has 0 aliphatic carbocycles. The van der Waals surface area contributed by atoms with Crippen LogP contribution in [0.2, 0.25) is 5.15 Å². The van der Waals surface area contributed by atoms with Crippen molar-refractivity contribution in [3.8, 4) is 0 Å². The van der Waals surface area contributed by atoms with Crippen LogP contribution in [0.25, 0.3) is 21.0 Å². The summed E-state index contributed by atoms with van der Waals surface area (Å²) in [5.74, 6) is -0.0127. The summed E-state index contributed by atoms with van der Waals surface area (Å²) in [6.07, 6.45) is 0.